The number of sulfonamides is 1. The van der Waals surface area contributed by atoms with Gasteiger partial charge in [-0.2, -0.15) is 0 Å². The third-order valence-corrected chi connectivity index (χ3v) is 6.32. The van der Waals surface area contributed by atoms with Crippen molar-refractivity contribution in [1.82, 2.24) is 24.5 Å². The third kappa shape index (κ3) is 4.95. The first-order valence-electron chi connectivity index (χ1n) is 10.9. The zero-order valence-corrected chi connectivity index (χ0v) is 19.8. The molecule has 10 nitrogen and oxygen atoms in total. The number of benzene rings is 1. The monoisotopic (exact) mass is 478 g/mol. The predicted molar refractivity (Wildman–Crippen MR) is 134 cm³/mol. The summed E-state index contributed by atoms with van der Waals surface area (Å²) in [5.74, 6) is 1.07. The van der Waals surface area contributed by atoms with E-state index in [0.717, 1.165) is 54.9 Å². The lowest BCUT2D eigenvalue weighted by molar-refractivity contribution is 0.313. The van der Waals surface area contributed by atoms with E-state index in [1.165, 1.54) is 0 Å². The van der Waals surface area contributed by atoms with Crippen LogP contribution in [0.2, 0.25) is 0 Å². The topological polar surface area (TPSA) is 108 Å². The lowest BCUT2D eigenvalue weighted by atomic mass is 10.1. The van der Waals surface area contributed by atoms with Gasteiger partial charge in [-0.25, -0.2) is 22.9 Å². The number of aromatic nitrogens is 4. The van der Waals surface area contributed by atoms with Crippen molar-refractivity contribution in [3.63, 3.8) is 0 Å². The fraction of sp³-hybridized carbons (Fsp3) is 0.261. The molecule has 0 amide bonds. The minimum absolute atomic E-state index is 0.412. The van der Waals surface area contributed by atoms with Gasteiger partial charge in [0.25, 0.3) is 0 Å². The first-order valence-corrected chi connectivity index (χ1v) is 12.8. The Balaban J connectivity index is 1.37. The second-order valence-corrected chi connectivity index (χ2v) is 10.2. The number of pyridine rings is 1. The Bertz CT molecular complexity index is 1410. The molecule has 0 saturated carbocycles. The average molecular weight is 479 g/mol. The fourth-order valence-electron chi connectivity index (χ4n) is 3.96. The lowest BCUT2D eigenvalue weighted by Crippen LogP contribution is -2.44. The minimum Gasteiger partial charge on any atom is -0.368 e. The highest BCUT2D eigenvalue weighted by Crippen LogP contribution is 2.25. The molecule has 0 atom stereocenters. The van der Waals surface area contributed by atoms with Gasteiger partial charge in [0.15, 0.2) is 0 Å². The molecule has 0 spiro atoms. The van der Waals surface area contributed by atoms with Gasteiger partial charge in [-0.05, 0) is 43.4 Å². The van der Waals surface area contributed by atoms with Crippen molar-refractivity contribution in [2.75, 3.05) is 54.4 Å². The van der Waals surface area contributed by atoms with Gasteiger partial charge in [-0.1, -0.05) is 12.1 Å². The molecular weight excluding hydrogens is 452 g/mol. The Morgan fingerprint density at radius 1 is 0.941 bits per heavy atom. The van der Waals surface area contributed by atoms with Crippen LogP contribution in [0, 0.1) is 0 Å². The molecule has 1 aromatic carbocycles. The van der Waals surface area contributed by atoms with Crippen LogP contribution in [-0.4, -0.2) is 72.4 Å². The smallest absolute Gasteiger partial charge is 0.246 e. The molecule has 2 N–H and O–H groups in total. The molecule has 176 valence electrons. The minimum atomic E-state index is -3.36. The van der Waals surface area contributed by atoms with Gasteiger partial charge in [-0.15, -0.1) is 5.10 Å². The SMILES string of the molecule is CN1CCN(c2ccc(Nc3ncc4ccc(-c5cccc(NS(C)(=O)=O)c5)n4n3)nc2)CC1. The summed E-state index contributed by atoms with van der Waals surface area (Å²) in [5.41, 5.74) is 4.06. The van der Waals surface area contributed by atoms with E-state index < -0.39 is 10.0 Å². The van der Waals surface area contributed by atoms with Gasteiger partial charge in [-0.3, -0.25) is 4.72 Å². The molecule has 3 aromatic heterocycles. The van der Waals surface area contributed by atoms with Gasteiger partial charge < -0.3 is 15.1 Å². The Kier molecular flexibility index (Phi) is 5.80. The van der Waals surface area contributed by atoms with Crippen molar-refractivity contribution < 1.29 is 8.42 Å². The highest BCUT2D eigenvalue weighted by molar-refractivity contribution is 7.92. The summed E-state index contributed by atoms with van der Waals surface area (Å²) >= 11 is 0. The van der Waals surface area contributed by atoms with E-state index in [-0.39, 0.29) is 0 Å². The number of anilines is 4. The number of piperazine rings is 1. The second-order valence-electron chi connectivity index (χ2n) is 8.41. The Morgan fingerprint density at radius 2 is 1.76 bits per heavy atom. The maximum absolute atomic E-state index is 11.6. The molecule has 0 unspecified atom stereocenters. The molecule has 11 heteroatoms. The number of hydrogen-bond donors (Lipinski definition) is 2. The van der Waals surface area contributed by atoms with Crippen molar-refractivity contribution in [1.29, 1.82) is 0 Å². The zero-order chi connectivity index (χ0) is 23.7. The summed E-state index contributed by atoms with van der Waals surface area (Å²) in [5, 5.41) is 7.80. The van der Waals surface area contributed by atoms with Crippen molar-refractivity contribution in [3.8, 4) is 11.3 Å². The Hall–Kier alpha value is -3.70. The van der Waals surface area contributed by atoms with Gasteiger partial charge in [0, 0.05) is 37.4 Å². The zero-order valence-electron chi connectivity index (χ0n) is 19.0. The van der Waals surface area contributed by atoms with Crippen LogP contribution in [0.5, 0.6) is 0 Å². The molecule has 5 rings (SSSR count). The van der Waals surface area contributed by atoms with Gasteiger partial charge in [0.1, 0.15) is 5.82 Å². The maximum Gasteiger partial charge on any atom is 0.246 e. The average Bonchev–Trinajstić information content (AvgIpc) is 3.23. The molecule has 0 aliphatic carbocycles. The van der Waals surface area contributed by atoms with Gasteiger partial charge in [0.05, 0.1) is 35.5 Å². The van der Waals surface area contributed by atoms with Crippen LogP contribution in [0.3, 0.4) is 0 Å². The molecule has 0 radical (unpaired) electrons. The largest absolute Gasteiger partial charge is 0.368 e. The van der Waals surface area contributed by atoms with E-state index in [4.69, 9.17) is 0 Å². The third-order valence-electron chi connectivity index (χ3n) is 5.72. The number of fused-ring (bicyclic) bond motifs is 1. The van der Waals surface area contributed by atoms with Crippen molar-refractivity contribution in [2.45, 2.75) is 0 Å². The van der Waals surface area contributed by atoms with Crippen LogP contribution in [0.25, 0.3) is 16.8 Å². The maximum atomic E-state index is 11.6. The second kappa shape index (κ2) is 8.92. The van der Waals surface area contributed by atoms with Crippen LogP contribution in [0.1, 0.15) is 0 Å². The lowest BCUT2D eigenvalue weighted by Gasteiger charge is -2.33. The molecule has 1 aliphatic rings. The first-order chi connectivity index (χ1) is 16.3. The molecule has 4 aromatic rings. The molecule has 1 saturated heterocycles. The van der Waals surface area contributed by atoms with E-state index in [0.29, 0.717) is 17.5 Å². The summed E-state index contributed by atoms with van der Waals surface area (Å²) in [7, 11) is -1.23. The molecule has 4 heterocycles. The summed E-state index contributed by atoms with van der Waals surface area (Å²) in [6.45, 7) is 4.06. The van der Waals surface area contributed by atoms with Crippen LogP contribution < -0.4 is 14.9 Å². The molecular formula is C23H26N8O2S. The van der Waals surface area contributed by atoms with E-state index >= 15 is 0 Å². The van der Waals surface area contributed by atoms with Crippen LogP contribution in [-0.2, 0) is 10.0 Å². The van der Waals surface area contributed by atoms with E-state index in [9.17, 15) is 8.42 Å². The number of hydrogen-bond acceptors (Lipinski definition) is 8. The number of nitrogens with zero attached hydrogens (tertiary/aromatic N) is 6. The van der Waals surface area contributed by atoms with E-state index in [2.05, 4.69) is 48.0 Å². The predicted octanol–water partition coefficient (Wildman–Crippen LogP) is 2.66. The fourth-order valence-corrected chi connectivity index (χ4v) is 4.51. The van der Waals surface area contributed by atoms with Crippen molar-refractivity contribution in [3.05, 3.63) is 60.9 Å². The van der Waals surface area contributed by atoms with Crippen LogP contribution in [0.4, 0.5) is 23.1 Å². The van der Waals surface area contributed by atoms with E-state index in [1.54, 1.807) is 28.9 Å². The Morgan fingerprint density at radius 3 is 2.50 bits per heavy atom. The summed E-state index contributed by atoms with van der Waals surface area (Å²) in [4.78, 5) is 13.6. The quantitative estimate of drug-likeness (QED) is 0.436. The van der Waals surface area contributed by atoms with Crippen LogP contribution in [0.15, 0.2) is 60.9 Å². The highest BCUT2D eigenvalue weighted by Gasteiger charge is 2.15. The Labute approximate surface area is 198 Å². The normalized spacial score (nSPS) is 14.9. The summed E-state index contributed by atoms with van der Waals surface area (Å²) in [6, 6.07) is 15.0. The molecule has 0 bridgehead atoms. The van der Waals surface area contributed by atoms with Gasteiger partial charge in [0.2, 0.25) is 16.0 Å². The highest BCUT2D eigenvalue weighted by atomic mass is 32.2. The first kappa shape index (κ1) is 22.1. The number of likely N-dealkylation sites (N-methyl/N-ethyl adjacent to an activating group) is 1. The van der Waals surface area contributed by atoms with Gasteiger partial charge >= 0.3 is 0 Å². The van der Waals surface area contributed by atoms with E-state index in [1.807, 2.05) is 30.5 Å². The summed E-state index contributed by atoms with van der Waals surface area (Å²) in [6.07, 6.45) is 4.73. The number of rotatable bonds is 6. The molecule has 34 heavy (non-hydrogen) atoms. The standard InChI is InChI=1S/C23H26N8O2S/c1-29-10-12-30(13-11-29)19-7-9-22(24-15-19)26-23-25-16-20-6-8-21(31(20)27-23)17-4-3-5-18(14-17)28-34(2,32)33/h3-9,14-16,28H,10-13H2,1-2H3,(H,24,26,27). The molecule has 1 fully saturated rings. The molecule has 1 aliphatic heterocycles. The van der Waals surface area contributed by atoms with Crippen LogP contribution >= 0.6 is 0 Å². The summed E-state index contributed by atoms with van der Waals surface area (Å²) < 4.78 is 27.5. The van der Waals surface area contributed by atoms with Crippen molar-refractivity contribution in [2.24, 2.45) is 0 Å². The van der Waals surface area contributed by atoms with Crippen molar-refractivity contribution >= 4 is 38.7 Å². The number of nitrogens with one attached hydrogen (secondary N) is 2.